The maximum absolute atomic E-state index is 13.3. The molecule has 10 heteroatoms. The smallest absolute Gasteiger partial charge is 0.256 e. The number of carbonyl (C=O) groups is 1. The van der Waals surface area contributed by atoms with Crippen LogP contribution in [0.5, 0.6) is 0 Å². The molecular weight excluding hydrogens is 442 g/mol. The highest BCUT2D eigenvalue weighted by Gasteiger charge is 2.27. The Morgan fingerprint density at radius 1 is 1.12 bits per heavy atom. The van der Waals surface area contributed by atoms with Crippen molar-refractivity contribution in [2.45, 2.75) is 24.7 Å². The lowest BCUT2D eigenvalue weighted by molar-refractivity contribution is 0.102. The van der Waals surface area contributed by atoms with E-state index in [0.717, 1.165) is 12.8 Å². The van der Waals surface area contributed by atoms with Crippen LogP contribution in [0.1, 0.15) is 28.9 Å². The molecule has 0 aliphatic carbocycles. The van der Waals surface area contributed by atoms with E-state index >= 15 is 0 Å². The fourth-order valence-electron chi connectivity index (χ4n) is 4.16. The van der Waals surface area contributed by atoms with Crippen molar-refractivity contribution in [1.29, 1.82) is 0 Å². The van der Waals surface area contributed by atoms with Crippen LogP contribution in [0.15, 0.2) is 58.0 Å². The van der Waals surface area contributed by atoms with Gasteiger partial charge in [-0.2, -0.15) is 9.40 Å². The van der Waals surface area contributed by atoms with E-state index in [4.69, 9.17) is 4.42 Å². The summed E-state index contributed by atoms with van der Waals surface area (Å²) in [7, 11) is -1.73. The molecule has 1 fully saturated rings. The number of hydrogen-bond donors (Lipinski definition) is 1. The molecule has 0 atom stereocenters. The van der Waals surface area contributed by atoms with Gasteiger partial charge in [-0.15, -0.1) is 0 Å². The third-order valence-corrected chi connectivity index (χ3v) is 7.71. The molecule has 4 heterocycles. The quantitative estimate of drug-likeness (QED) is 0.482. The molecule has 0 radical (unpaired) electrons. The average Bonchev–Trinajstić information content (AvgIpc) is 3.57. The Morgan fingerprint density at radius 3 is 2.52 bits per heavy atom. The molecule has 5 rings (SSSR count). The Bertz CT molecular complexity index is 1430. The number of rotatable bonds is 5. The number of amides is 1. The summed E-state index contributed by atoms with van der Waals surface area (Å²) in [4.78, 5) is 18.1. The second-order valence-corrected chi connectivity index (χ2v) is 9.97. The van der Waals surface area contributed by atoms with E-state index in [-0.39, 0.29) is 10.8 Å². The topological polar surface area (TPSA) is 110 Å². The number of carbonyl (C=O) groups excluding carboxylic acids is 1. The zero-order valence-corrected chi connectivity index (χ0v) is 19.1. The number of pyridine rings is 1. The van der Waals surface area contributed by atoms with Crippen molar-refractivity contribution in [1.82, 2.24) is 19.1 Å². The van der Waals surface area contributed by atoms with Gasteiger partial charge in [0.05, 0.1) is 27.8 Å². The van der Waals surface area contributed by atoms with Crippen LogP contribution in [0.4, 0.5) is 5.69 Å². The van der Waals surface area contributed by atoms with Crippen molar-refractivity contribution in [3.05, 3.63) is 60.0 Å². The molecule has 1 aliphatic heterocycles. The third-order valence-electron chi connectivity index (χ3n) is 5.80. The summed E-state index contributed by atoms with van der Waals surface area (Å²) in [6, 6.07) is 11.5. The van der Waals surface area contributed by atoms with Gasteiger partial charge in [0.15, 0.2) is 11.4 Å². The average molecular weight is 466 g/mol. The molecule has 1 aromatic carbocycles. The summed E-state index contributed by atoms with van der Waals surface area (Å²) in [6.45, 7) is 2.91. The molecule has 1 N–H and O–H groups in total. The number of sulfonamides is 1. The minimum atomic E-state index is -3.51. The van der Waals surface area contributed by atoms with E-state index in [1.54, 1.807) is 48.3 Å². The first-order valence-corrected chi connectivity index (χ1v) is 12.1. The van der Waals surface area contributed by atoms with Crippen LogP contribution in [0, 0.1) is 6.92 Å². The summed E-state index contributed by atoms with van der Waals surface area (Å²) in [5.74, 6) is 0.197. The van der Waals surface area contributed by atoms with Crippen LogP contribution in [-0.2, 0) is 17.1 Å². The van der Waals surface area contributed by atoms with E-state index in [9.17, 15) is 13.2 Å². The number of aromatic nitrogens is 3. The van der Waals surface area contributed by atoms with Crippen molar-refractivity contribution in [2.24, 2.45) is 7.05 Å². The first-order chi connectivity index (χ1) is 15.8. The number of fused-ring (bicyclic) bond motifs is 1. The van der Waals surface area contributed by atoms with Crippen molar-refractivity contribution >= 4 is 32.7 Å². The predicted octanol–water partition coefficient (Wildman–Crippen LogP) is 3.57. The normalized spacial score (nSPS) is 14.7. The number of hydrogen-bond acceptors (Lipinski definition) is 6. The van der Waals surface area contributed by atoms with Gasteiger partial charge < -0.3 is 9.73 Å². The monoisotopic (exact) mass is 465 g/mol. The number of nitrogens with zero attached hydrogens (tertiary/aromatic N) is 4. The lowest BCUT2D eigenvalue weighted by Gasteiger charge is -2.15. The van der Waals surface area contributed by atoms with Crippen molar-refractivity contribution in [3.63, 3.8) is 0 Å². The summed E-state index contributed by atoms with van der Waals surface area (Å²) in [5, 5.41) is 7.93. The Hall–Kier alpha value is -3.50. The molecule has 0 bridgehead atoms. The fourth-order valence-corrected chi connectivity index (χ4v) is 5.68. The zero-order valence-electron chi connectivity index (χ0n) is 18.3. The first kappa shape index (κ1) is 21.4. The van der Waals surface area contributed by atoms with Crippen molar-refractivity contribution in [3.8, 4) is 11.5 Å². The standard InChI is InChI=1S/C23H23N5O4S/c1-15-21-18(14-19(20-6-5-13-32-20)25-22(21)27(2)26-15)23(29)24-16-7-9-17(10-8-16)33(30,31)28-11-3-4-12-28/h5-10,13-14H,3-4,11-12H2,1-2H3,(H,24,29). The van der Waals surface area contributed by atoms with Crippen molar-refractivity contribution in [2.75, 3.05) is 18.4 Å². The third kappa shape index (κ3) is 3.81. The van der Waals surface area contributed by atoms with Gasteiger partial charge in [0.25, 0.3) is 5.91 Å². The van der Waals surface area contributed by atoms with Crippen LogP contribution in [0.25, 0.3) is 22.5 Å². The largest absolute Gasteiger partial charge is 0.463 e. The highest BCUT2D eigenvalue weighted by Crippen LogP contribution is 2.28. The summed E-state index contributed by atoms with van der Waals surface area (Å²) in [5.41, 5.74) is 2.67. The van der Waals surface area contributed by atoms with Crippen LogP contribution in [0.2, 0.25) is 0 Å². The van der Waals surface area contributed by atoms with Gasteiger partial charge >= 0.3 is 0 Å². The number of aryl methyl sites for hydroxylation is 2. The van der Waals surface area contributed by atoms with E-state index < -0.39 is 10.0 Å². The molecule has 0 unspecified atom stereocenters. The summed E-state index contributed by atoms with van der Waals surface area (Å²) >= 11 is 0. The minimum Gasteiger partial charge on any atom is -0.463 e. The molecule has 1 saturated heterocycles. The predicted molar refractivity (Wildman–Crippen MR) is 123 cm³/mol. The van der Waals surface area contributed by atoms with Gasteiger partial charge in [0.1, 0.15) is 5.69 Å². The SMILES string of the molecule is Cc1nn(C)c2nc(-c3ccco3)cc(C(=O)Nc3ccc(S(=O)(=O)N4CCCC4)cc3)c12. The molecule has 0 spiro atoms. The summed E-state index contributed by atoms with van der Waals surface area (Å²) in [6.07, 6.45) is 3.30. The maximum atomic E-state index is 13.3. The zero-order chi connectivity index (χ0) is 23.2. The van der Waals surface area contributed by atoms with Gasteiger partial charge in [-0.05, 0) is 62.2 Å². The van der Waals surface area contributed by atoms with Crippen LogP contribution < -0.4 is 5.32 Å². The van der Waals surface area contributed by atoms with Gasteiger partial charge in [-0.25, -0.2) is 13.4 Å². The molecule has 4 aromatic rings. The van der Waals surface area contributed by atoms with E-state index in [0.29, 0.717) is 52.5 Å². The Balaban J connectivity index is 1.47. The molecule has 9 nitrogen and oxygen atoms in total. The lowest BCUT2D eigenvalue weighted by Crippen LogP contribution is -2.27. The number of benzene rings is 1. The molecule has 170 valence electrons. The van der Waals surface area contributed by atoms with Crippen LogP contribution in [0.3, 0.4) is 0 Å². The fraction of sp³-hybridized carbons (Fsp3) is 0.261. The second-order valence-electron chi connectivity index (χ2n) is 8.03. The van der Waals surface area contributed by atoms with Crippen molar-refractivity contribution < 1.29 is 17.6 Å². The minimum absolute atomic E-state index is 0.219. The first-order valence-electron chi connectivity index (χ1n) is 10.6. The maximum Gasteiger partial charge on any atom is 0.256 e. The second kappa shape index (κ2) is 8.13. The van der Waals surface area contributed by atoms with Crippen LogP contribution in [-0.4, -0.2) is 46.5 Å². The molecular formula is C23H23N5O4S. The number of furan rings is 1. The van der Waals surface area contributed by atoms with Crippen LogP contribution >= 0.6 is 0 Å². The summed E-state index contributed by atoms with van der Waals surface area (Å²) < 4.78 is 34.1. The van der Waals surface area contributed by atoms with Gasteiger partial charge in [-0.3, -0.25) is 9.48 Å². The van der Waals surface area contributed by atoms with Gasteiger partial charge in [-0.1, -0.05) is 0 Å². The molecule has 1 amide bonds. The van der Waals surface area contributed by atoms with Gasteiger partial charge in [0, 0.05) is 25.8 Å². The van der Waals surface area contributed by atoms with E-state index in [1.165, 1.54) is 16.4 Å². The molecule has 1 aliphatic rings. The Morgan fingerprint density at radius 2 is 1.85 bits per heavy atom. The van der Waals surface area contributed by atoms with E-state index in [2.05, 4.69) is 15.4 Å². The van der Waals surface area contributed by atoms with Gasteiger partial charge in [0.2, 0.25) is 10.0 Å². The lowest BCUT2D eigenvalue weighted by atomic mass is 10.1. The highest BCUT2D eigenvalue weighted by atomic mass is 32.2. The molecule has 3 aromatic heterocycles. The van der Waals surface area contributed by atoms with E-state index in [1.807, 2.05) is 6.92 Å². The Kier molecular flexibility index (Phi) is 5.26. The molecule has 0 saturated carbocycles. The molecule has 33 heavy (non-hydrogen) atoms. The Labute approximate surface area is 191 Å². The number of anilines is 1. The highest BCUT2D eigenvalue weighted by molar-refractivity contribution is 7.89. The number of nitrogens with one attached hydrogen (secondary N) is 1.